The number of imidazole rings is 1. The van der Waals surface area contributed by atoms with E-state index in [1.54, 1.807) is 6.33 Å². The van der Waals surface area contributed by atoms with Crippen molar-refractivity contribution in [3.05, 3.63) is 30.6 Å². The number of para-hydroxylation sites is 1. The van der Waals surface area contributed by atoms with Crippen molar-refractivity contribution in [2.24, 2.45) is 0 Å². The van der Waals surface area contributed by atoms with E-state index in [2.05, 4.69) is 9.97 Å². The monoisotopic (exact) mass is 322 g/mol. The number of nitrogens with zero attached hydrogens (tertiary/aromatic N) is 3. The molecule has 6 heteroatoms. The van der Waals surface area contributed by atoms with Gasteiger partial charge in [0.2, 0.25) is 0 Å². The number of rotatable bonds is 3. The molecule has 19 heavy (non-hydrogen) atoms. The minimum absolute atomic E-state index is 0. The highest BCUT2D eigenvalue weighted by Crippen LogP contribution is 2.26. The van der Waals surface area contributed by atoms with Crippen LogP contribution in [0.1, 0.15) is 6.92 Å². The fourth-order valence-corrected chi connectivity index (χ4v) is 2.09. The Labute approximate surface area is 121 Å². The summed E-state index contributed by atoms with van der Waals surface area (Å²) < 4.78 is 7.39. The number of benzene rings is 1. The number of aromatic nitrogens is 3. The van der Waals surface area contributed by atoms with Gasteiger partial charge in [-0.1, -0.05) is 18.2 Å². The maximum Gasteiger partial charge on any atom is 0.152 e. The average molecular weight is 323 g/mol. The molecule has 2 aromatic heterocycles. The molecule has 0 saturated heterocycles. The Morgan fingerprint density at radius 2 is 2.11 bits per heavy atom. The lowest BCUT2D eigenvalue weighted by Gasteiger charge is -2.07. The predicted octanol–water partition coefficient (Wildman–Crippen LogP) is 2.74. The second-order valence-corrected chi connectivity index (χ2v) is 4.05. The number of fused-ring (bicyclic) bond motifs is 3. The maximum atomic E-state index is 5.94. The second-order valence-electron chi connectivity index (χ2n) is 4.05. The van der Waals surface area contributed by atoms with E-state index in [1.165, 1.54) is 0 Å². The van der Waals surface area contributed by atoms with Gasteiger partial charge in [-0.3, -0.25) is 0 Å². The smallest absolute Gasteiger partial charge is 0.152 e. The molecule has 0 bridgehead atoms. The SMILES string of the molecule is Br.CCOCn1cnc2c(N)nc3ccccc3c21. The quantitative estimate of drug-likeness (QED) is 0.805. The Bertz CT molecular complexity index is 710. The average Bonchev–Trinajstić information content (AvgIpc) is 2.81. The van der Waals surface area contributed by atoms with E-state index in [4.69, 9.17) is 10.5 Å². The van der Waals surface area contributed by atoms with Gasteiger partial charge in [0, 0.05) is 12.0 Å². The normalized spacial score (nSPS) is 10.8. The molecule has 0 saturated carbocycles. The van der Waals surface area contributed by atoms with Gasteiger partial charge in [-0.2, -0.15) is 0 Å². The van der Waals surface area contributed by atoms with Gasteiger partial charge >= 0.3 is 0 Å². The summed E-state index contributed by atoms with van der Waals surface area (Å²) in [6, 6.07) is 7.90. The Balaban J connectivity index is 0.00000133. The summed E-state index contributed by atoms with van der Waals surface area (Å²) in [5.74, 6) is 0.457. The van der Waals surface area contributed by atoms with E-state index in [0.29, 0.717) is 19.2 Å². The minimum atomic E-state index is 0. The van der Waals surface area contributed by atoms with Crippen LogP contribution in [0.15, 0.2) is 30.6 Å². The zero-order chi connectivity index (χ0) is 12.5. The van der Waals surface area contributed by atoms with Crippen LogP contribution in [-0.2, 0) is 11.5 Å². The number of ether oxygens (including phenoxy) is 1. The van der Waals surface area contributed by atoms with Crippen LogP contribution in [0, 0.1) is 0 Å². The van der Waals surface area contributed by atoms with Gasteiger partial charge in [-0.15, -0.1) is 17.0 Å². The van der Waals surface area contributed by atoms with Crippen LogP contribution in [0.4, 0.5) is 5.82 Å². The largest absolute Gasteiger partial charge is 0.382 e. The molecule has 0 spiro atoms. The molecule has 0 aliphatic heterocycles. The fraction of sp³-hybridized carbons (Fsp3) is 0.231. The highest BCUT2D eigenvalue weighted by Gasteiger charge is 2.11. The third-order valence-corrected chi connectivity index (χ3v) is 2.91. The molecule has 100 valence electrons. The number of anilines is 1. The molecule has 3 rings (SSSR count). The number of halogens is 1. The van der Waals surface area contributed by atoms with E-state index in [9.17, 15) is 0 Å². The lowest BCUT2D eigenvalue weighted by atomic mass is 10.2. The van der Waals surface area contributed by atoms with Crippen molar-refractivity contribution in [2.75, 3.05) is 12.3 Å². The molecule has 0 aliphatic rings. The van der Waals surface area contributed by atoms with Gasteiger partial charge in [0.25, 0.3) is 0 Å². The zero-order valence-electron chi connectivity index (χ0n) is 10.5. The van der Waals surface area contributed by atoms with Gasteiger partial charge < -0.3 is 15.0 Å². The lowest BCUT2D eigenvalue weighted by Crippen LogP contribution is -2.01. The molecule has 2 N–H and O–H groups in total. The summed E-state index contributed by atoms with van der Waals surface area (Å²) in [5.41, 5.74) is 8.52. The molecule has 0 atom stereocenters. The van der Waals surface area contributed by atoms with Crippen LogP contribution in [0.2, 0.25) is 0 Å². The van der Waals surface area contributed by atoms with Crippen molar-refractivity contribution in [3.63, 3.8) is 0 Å². The molecule has 3 aromatic rings. The van der Waals surface area contributed by atoms with Crippen molar-refractivity contribution in [1.29, 1.82) is 0 Å². The number of hydrogen-bond donors (Lipinski definition) is 1. The van der Waals surface area contributed by atoms with Crippen molar-refractivity contribution in [3.8, 4) is 0 Å². The predicted molar refractivity (Wildman–Crippen MR) is 81.4 cm³/mol. The van der Waals surface area contributed by atoms with Gasteiger partial charge in [0.15, 0.2) is 5.82 Å². The first kappa shape index (κ1) is 13.8. The summed E-state index contributed by atoms with van der Waals surface area (Å²) in [5, 5.41) is 1.04. The van der Waals surface area contributed by atoms with Gasteiger partial charge in [0.05, 0.1) is 17.4 Å². The minimum Gasteiger partial charge on any atom is -0.382 e. The first-order valence-electron chi connectivity index (χ1n) is 5.88. The molecule has 0 aliphatic carbocycles. The molecule has 5 nitrogen and oxygen atoms in total. The third-order valence-electron chi connectivity index (χ3n) is 2.91. The van der Waals surface area contributed by atoms with Crippen molar-refractivity contribution < 1.29 is 4.74 Å². The van der Waals surface area contributed by atoms with E-state index in [1.807, 2.05) is 35.8 Å². The molecular formula is C13H15BrN4O. The summed E-state index contributed by atoms with van der Waals surface area (Å²) in [4.78, 5) is 8.68. The highest BCUT2D eigenvalue weighted by molar-refractivity contribution is 8.93. The van der Waals surface area contributed by atoms with E-state index >= 15 is 0 Å². The first-order chi connectivity index (χ1) is 8.81. The first-order valence-corrected chi connectivity index (χ1v) is 5.88. The topological polar surface area (TPSA) is 66.0 Å². The van der Waals surface area contributed by atoms with Crippen LogP contribution in [0.5, 0.6) is 0 Å². The fourth-order valence-electron chi connectivity index (χ4n) is 2.09. The molecule has 0 amide bonds. The van der Waals surface area contributed by atoms with Crippen LogP contribution in [0.25, 0.3) is 21.9 Å². The second kappa shape index (κ2) is 5.54. The molecule has 0 radical (unpaired) electrons. The van der Waals surface area contributed by atoms with Crippen LogP contribution >= 0.6 is 17.0 Å². The Hall–Kier alpha value is -1.66. The Kier molecular flexibility index (Phi) is 4.01. The van der Waals surface area contributed by atoms with E-state index < -0.39 is 0 Å². The van der Waals surface area contributed by atoms with Crippen LogP contribution < -0.4 is 5.73 Å². The van der Waals surface area contributed by atoms with Gasteiger partial charge in [0.1, 0.15) is 12.2 Å². The summed E-state index contributed by atoms with van der Waals surface area (Å²) in [6.07, 6.45) is 1.74. The number of nitrogens with two attached hydrogens (primary N) is 1. The van der Waals surface area contributed by atoms with Gasteiger partial charge in [-0.05, 0) is 13.0 Å². The molecular weight excluding hydrogens is 308 g/mol. The zero-order valence-corrected chi connectivity index (χ0v) is 12.2. The highest BCUT2D eigenvalue weighted by atomic mass is 79.9. The third kappa shape index (κ3) is 2.29. The van der Waals surface area contributed by atoms with Crippen LogP contribution in [-0.4, -0.2) is 21.1 Å². The Morgan fingerprint density at radius 1 is 1.32 bits per heavy atom. The molecule has 0 unspecified atom stereocenters. The maximum absolute atomic E-state index is 5.94. The summed E-state index contributed by atoms with van der Waals surface area (Å²) in [7, 11) is 0. The van der Waals surface area contributed by atoms with E-state index in [0.717, 1.165) is 21.9 Å². The number of hydrogen-bond acceptors (Lipinski definition) is 4. The standard InChI is InChI=1S/C13H14N4O.BrH/c1-2-18-8-17-7-15-11-12(17)9-5-3-4-6-10(9)16-13(11)14;/h3-7H,2,8H2,1H3,(H2,14,16);1H. The van der Waals surface area contributed by atoms with Crippen LogP contribution in [0.3, 0.4) is 0 Å². The van der Waals surface area contributed by atoms with Crippen molar-refractivity contribution in [1.82, 2.24) is 14.5 Å². The summed E-state index contributed by atoms with van der Waals surface area (Å²) >= 11 is 0. The van der Waals surface area contributed by atoms with Gasteiger partial charge in [-0.25, -0.2) is 9.97 Å². The molecule has 1 aromatic carbocycles. The lowest BCUT2D eigenvalue weighted by molar-refractivity contribution is 0.0906. The van der Waals surface area contributed by atoms with Crippen molar-refractivity contribution in [2.45, 2.75) is 13.7 Å². The van der Waals surface area contributed by atoms with Crippen molar-refractivity contribution >= 4 is 44.7 Å². The Morgan fingerprint density at radius 3 is 2.89 bits per heavy atom. The molecule has 2 heterocycles. The number of nitrogen functional groups attached to an aromatic ring is 1. The number of pyridine rings is 1. The summed E-state index contributed by atoms with van der Waals surface area (Å²) in [6.45, 7) is 3.10. The molecule has 0 fully saturated rings. The van der Waals surface area contributed by atoms with E-state index in [-0.39, 0.29) is 17.0 Å².